The fourth-order valence-electron chi connectivity index (χ4n) is 2.86. The third-order valence-corrected chi connectivity index (χ3v) is 5.44. The van der Waals surface area contributed by atoms with E-state index in [2.05, 4.69) is 5.10 Å². The molecule has 5 nitrogen and oxygen atoms in total. The van der Waals surface area contributed by atoms with Crippen molar-refractivity contribution in [2.24, 2.45) is 5.10 Å². The molecule has 10 heteroatoms. The maximum absolute atomic E-state index is 13.6. The Morgan fingerprint density at radius 2 is 1.75 bits per heavy atom. The van der Waals surface area contributed by atoms with Gasteiger partial charge in [-0.3, -0.25) is 4.79 Å². The van der Waals surface area contributed by atoms with E-state index in [0.717, 1.165) is 6.08 Å². The summed E-state index contributed by atoms with van der Waals surface area (Å²) in [4.78, 5) is 25.2. The van der Waals surface area contributed by atoms with Crippen LogP contribution < -0.4 is 9.75 Å². The molecule has 0 aliphatic carbocycles. The molecule has 0 unspecified atom stereocenters. The van der Waals surface area contributed by atoms with Crippen molar-refractivity contribution in [3.05, 3.63) is 87.1 Å². The van der Waals surface area contributed by atoms with Crippen molar-refractivity contribution >= 4 is 52.3 Å². The predicted octanol–water partition coefficient (Wildman–Crippen LogP) is 5.97. The molecule has 0 N–H and O–H groups in total. The normalized spacial score (nSPS) is 15.2. The van der Waals surface area contributed by atoms with Crippen molar-refractivity contribution in [1.82, 2.24) is 0 Å². The number of hydrogen-bond donors (Lipinski definition) is 0. The van der Waals surface area contributed by atoms with Gasteiger partial charge in [0, 0.05) is 5.02 Å². The van der Waals surface area contributed by atoms with E-state index in [1.807, 2.05) is 0 Å². The van der Waals surface area contributed by atoms with Crippen LogP contribution in [0, 0.1) is 0 Å². The first kappa shape index (κ1) is 21.8. The minimum atomic E-state index is -4.83. The molecule has 0 bridgehead atoms. The molecule has 0 saturated carbocycles. The number of thiophene rings is 1. The first-order valence-electron chi connectivity index (χ1n) is 9.06. The maximum Gasteiger partial charge on any atom is 0.435 e. The van der Waals surface area contributed by atoms with Crippen molar-refractivity contribution in [2.45, 2.75) is 6.18 Å². The summed E-state index contributed by atoms with van der Waals surface area (Å²) in [6, 6.07) is 14.8. The lowest BCUT2D eigenvalue weighted by molar-refractivity contribution is -0.114. The van der Waals surface area contributed by atoms with Gasteiger partial charge < -0.3 is 4.74 Å². The zero-order valence-electron chi connectivity index (χ0n) is 16.0. The highest BCUT2D eigenvalue weighted by molar-refractivity contribution is 7.12. The molecule has 1 aliphatic heterocycles. The highest BCUT2D eigenvalue weighted by Crippen LogP contribution is 2.33. The van der Waals surface area contributed by atoms with Crippen molar-refractivity contribution in [3.8, 4) is 5.75 Å². The quantitative estimate of drug-likeness (QED) is 0.265. The summed E-state index contributed by atoms with van der Waals surface area (Å²) in [5.74, 6) is -1.24. The average molecular weight is 477 g/mol. The van der Waals surface area contributed by atoms with Crippen molar-refractivity contribution in [3.63, 3.8) is 0 Å². The van der Waals surface area contributed by atoms with Gasteiger partial charge in [-0.25, -0.2) is 4.79 Å². The number of amides is 1. The third-order valence-electron chi connectivity index (χ3n) is 4.34. The van der Waals surface area contributed by atoms with Crippen LogP contribution in [0.4, 0.5) is 18.9 Å². The first-order valence-corrected chi connectivity index (χ1v) is 10.3. The maximum atomic E-state index is 13.6. The average Bonchev–Trinajstić information content (AvgIpc) is 3.39. The van der Waals surface area contributed by atoms with E-state index in [9.17, 15) is 22.8 Å². The molecule has 1 aliphatic rings. The molecule has 1 amide bonds. The van der Waals surface area contributed by atoms with E-state index < -0.39 is 29.3 Å². The lowest BCUT2D eigenvalue weighted by Crippen LogP contribution is -2.25. The van der Waals surface area contributed by atoms with Gasteiger partial charge in [-0.1, -0.05) is 29.8 Å². The van der Waals surface area contributed by atoms with Gasteiger partial charge in [0.2, 0.25) is 0 Å². The monoisotopic (exact) mass is 476 g/mol. The van der Waals surface area contributed by atoms with Crippen LogP contribution in [0.15, 0.2) is 76.7 Å². The Labute approximate surface area is 189 Å². The second kappa shape index (κ2) is 8.60. The molecular formula is C22H12ClF3N2O3S. The van der Waals surface area contributed by atoms with Gasteiger partial charge in [-0.2, -0.15) is 23.3 Å². The molecule has 0 fully saturated rings. The number of carbonyl (C=O) groups is 2. The Balaban J connectivity index is 1.60. The van der Waals surface area contributed by atoms with Crippen LogP contribution in [0.5, 0.6) is 5.75 Å². The van der Waals surface area contributed by atoms with Gasteiger partial charge in [-0.05, 0) is 59.5 Å². The largest absolute Gasteiger partial charge is 0.435 e. The zero-order valence-corrected chi connectivity index (χ0v) is 17.5. The fourth-order valence-corrected chi connectivity index (χ4v) is 3.59. The zero-order chi connectivity index (χ0) is 22.9. The van der Waals surface area contributed by atoms with Crippen molar-refractivity contribution < 1.29 is 27.5 Å². The van der Waals surface area contributed by atoms with E-state index >= 15 is 0 Å². The molecule has 2 aromatic carbocycles. The number of alkyl halides is 3. The number of carbonyl (C=O) groups excluding carboxylic acids is 2. The molecular weight excluding hydrogens is 465 g/mol. The molecule has 4 rings (SSSR count). The van der Waals surface area contributed by atoms with Crippen LogP contribution in [0.2, 0.25) is 5.02 Å². The molecule has 0 spiro atoms. The second-order valence-corrected chi connectivity index (χ2v) is 7.92. The third kappa shape index (κ3) is 4.58. The summed E-state index contributed by atoms with van der Waals surface area (Å²) in [6.07, 6.45) is -3.74. The molecule has 162 valence electrons. The molecule has 32 heavy (non-hydrogen) atoms. The Kier molecular flexibility index (Phi) is 5.86. The Morgan fingerprint density at radius 1 is 1.06 bits per heavy atom. The highest BCUT2D eigenvalue weighted by Gasteiger charge is 2.46. The Hall–Kier alpha value is -3.43. The minimum Gasteiger partial charge on any atom is -0.422 e. The van der Waals surface area contributed by atoms with Crippen LogP contribution in [0.3, 0.4) is 0 Å². The van der Waals surface area contributed by atoms with Gasteiger partial charge in [0.05, 0.1) is 11.3 Å². The standard InChI is InChI=1S/C22H12ClF3N2O3S/c23-14-5-7-15(8-6-14)28-20(29)17(19(27-28)22(24,25)26)12-13-3-9-16(10-4-13)31-21(30)18-2-1-11-32-18/h1-12H/b17-12-. The lowest BCUT2D eigenvalue weighted by Gasteiger charge is -2.11. The highest BCUT2D eigenvalue weighted by atomic mass is 35.5. The number of rotatable bonds is 4. The molecule has 0 atom stereocenters. The number of ether oxygens (including phenoxy) is 1. The van der Waals surface area contributed by atoms with Gasteiger partial charge >= 0.3 is 12.1 Å². The van der Waals surface area contributed by atoms with Crippen LogP contribution in [-0.2, 0) is 4.79 Å². The van der Waals surface area contributed by atoms with Crippen molar-refractivity contribution in [2.75, 3.05) is 5.01 Å². The summed E-state index contributed by atoms with van der Waals surface area (Å²) in [5.41, 5.74) is -1.44. The fraction of sp³-hybridized carbons (Fsp3) is 0.0455. The number of hydrazone groups is 1. The Morgan fingerprint density at radius 3 is 2.34 bits per heavy atom. The van der Waals surface area contributed by atoms with Gasteiger partial charge in [0.1, 0.15) is 10.6 Å². The van der Waals surface area contributed by atoms with Gasteiger partial charge in [0.15, 0.2) is 5.71 Å². The van der Waals surface area contributed by atoms with E-state index in [0.29, 0.717) is 20.5 Å². The first-order chi connectivity index (χ1) is 15.2. The summed E-state index contributed by atoms with van der Waals surface area (Å²) in [6.45, 7) is 0. The number of esters is 1. The van der Waals surface area contributed by atoms with E-state index in [-0.39, 0.29) is 11.4 Å². The number of benzene rings is 2. The summed E-state index contributed by atoms with van der Waals surface area (Å²) < 4.78 is 45.9. The molecule has 1 aromatic heterocycles. The molecule has 3 aromatic rings. The summed E-state index contributed by atoms with van der Waals surface area (Å²) in [5, 5.41) is 6.29. The lowest BCUT2D eigenvalue weighted by atomic mass is 10.1. The topological polar surface area (TPSA) is 59.0 Å². The van der Waals surface area contributed by atoms with E-state index in [1.165, 1.54) is 59.9 Å². The van der Waals surface area contributed by atoms with Crippen LogP contribution >= 0.6 is 22.9 Å². The smallest absolute Gasteiger partial charge is 0.422 e. The van der Waals surface area contributed by atoms with Gasteiger partial charge in [-0.15, -0.1) is 11.3 Å². The summed E-state index contributed by atoms with van der Waals surface area (Å²) in [7, 11) is 0. The number of anilines is 1. The van der Waals surface area contributed by atoms with E-state index in [4.69, 9.17) is 16.3 Å². The van der Waals surface area contributed by atoms with Crippen LogP contribution in [0.1, 0.15) is 15.2 Å². The number of nitrogens with zero attached hydrogens (tertiary/aromatic N) is 2. The summed E-state index contributed by atoms with van der Waals surface area (Å²) >= 11 is 7.03. The predicted molar refractivity (Wildman–Crippen MR) is 116 cm³/mol. The van der Waals surface area contributed by atoms with Crippen LogP contribution in [-0.4, -0.2) is 23.8 Å². The Bertz CT molecular complexity index is 1220. The second-order valence-electron chi connectivity index (χ2n) is 6.53. The number of hydrogen-bond acceptors (Lipinski definition) is 5. The molecule has 0 radical (unpaired) electrons. The minimum absolute atomic E-state index is 0.153. The number of halogens is 4. The van der Waals surface area contributed by atoms with E-state index in [1.54, 1.807) is 17.5 Å². The van der Waals surface area contributed by atoms with Crippen LogP contribution in [0.25, 0.3) is 6.08 Å². The van der Waals surface area contributed by atoms with Gasteiger partial charge in [0.25, 0.3) is 5.91 Å². The molecule has 2 heterocycles. The SMILES string of the molecule is O=C(Oc1ccc(/C=C2\C(=O)N(c3ccc(Cl)cc3)N=C2C(F)(F)F)cc1)c1cccs1. The van der Waals surface area contributed by atoms with Crippen molar-refractivity contribution in [1.29, 1.82) is 0 Å². The molecule has 0 saturated heterocycles.